The molecule has 1 aromatic heterocycles. The molecule has 2 heterocycles. The summed E-state index contributed by atoms with van der Waals surface area (Å²) in [7, 11) is 0. The van der Waals surface area contributed by atoms with Gasteiger partial charge in [-0.1, -0.05) is 37.6 Å². The largest absolute Gasteiger partial charge is 0.493 e. The number of nitrogens with zero attached hydrogens (tertiary/aromatic N) is 3. The van der Waals surface area contributed by atoms with Crippen LogP contribution in [0.4, 0.5) is 5.82 Å². The molecule has 2 aromatic carbocycles. The van der Waals surface area contributed by atoms with Gasteiger partial charge in [0.2, 0.25) is 0 Å². The number of carbonyl (C=O) groups is 1. The van der Waals surface area contributed by atoms with E-state index in [1.54, 1.807) is 0 Å². The fourth-order valence-electron chi connectivity index (χ4n) is 4.40. The number of halogens is 1. The molecule has 1 amide bonds. The number of aryl methyl sites for hydroxylation is 1. The van der Waals surface area contributed by atoms with Crippen LogP contribution >= 0.6 is 11.6 Å². The van der Waals surface area contributed by atoms with Crippen LogP contribution in [0.5, 0.6) is 5.75 Å². The molecule has 1 N–H and O–H groups in total. The predicted molar refractivity (Wildman–Crippen MR) is 141 cm³/mol. The summed E-state index contributed by atoms with van der Waals surface area (Å²) in [6, 6.07) is 15.8. The smallest absolute Gasteiger partial charge is 0.256 e. The highest BCUT2D eigenvalue weighted by molar-refractivity contribution is 6.30. The second-order valence-corrected chi connectivity index (χ2v) is 10.2. The molecule has 1 aliphatic heterocycles. The minimum Gasteiger partial charge on any atom is -0.493 e. The van der Waals surface area contributed by atoms with Gasteiger partial charge in [0.25, 0.3) is 5.91 Å². The summed E-state index contributed by atoms with van der Waals surface area (Å²) in [5, 5.41) is 8.20. The van der Waals surface area contributed by atoms with Crippen molar-refractivity contribution in [1.82, 2.24) is 14.7 Å². The molecule has 1 fully saturated rings. The molecule has 6 nitrogen and oxygen atoms in total. The van der Waals surface area contributed by atoms with Crippen LogP contribution in [0, 0.1) is 12.8 Å². The summed E-state index contributed by atoms with van der Waals surface area (Å²) < 4.78 is 7.83. The van der Waals surface area contributed by atoms with E-state index in [4.69, 9.17) is 16.3 Å². The Morgan fingerprint density at radius 2 is 1.80 bits per heavy atom. The number of rotatable bonds is 9. The third-order valence-electron chi connectivity index (χ3n) is 6.48. The van der Waals surface area contributed by atoms with Crippen molar-refractivity contribution in [2.45, 2.75) is 53.1 Å². The molecule has 3 aromatic rings. The van der Waals surface area contributed by atoms with Crippen LogP contribution in [0.3, 0.4) is 0 Å². The van der Waals surface area contributed by atoms with E-state index >= 15 is 0 Å². The molecule has 0 radical (unpaired) electrons. The van der Waals surface area contributed by atoms with E-state index in [1.165, 1.54) is 18.4 Å². The summed E-state index contributed by atoms with van der Waals surface area (Å²) in [6.07, 6.45) is 2.53. The second-order valence-electron chi connectivity index (χ2n) is 9.78. The van der Waals surface area contributed by atoms with Crippen molar-refractivity contribution in [3.63, 3.8) is 0 Å². The third kappa shape index (κ3) is 6.44. The molecule has 1 aliphatic rings. The SMILES string of the molecule is Cc1cc(NC(=O)c2ccc(C(C)N3CCCC3)cc2)nn1Cc1cc(Cl)ccc1OCC(C)C. The standard InChI is InChI=1S/C28H35ClN4O2/c1-19(2)18-35-26-12-11-25(29)16-24(26)17-33-20(3)15-27(31-33)30-28(34)23-9-7-22(8-10-23)21(4)32-13-5-6-14-32/h7-12,15-16,19,21H,5-6,13-14,17-18H2,1-4H3,(H,30,31,34). The first-order valence-electron chi connectivity index (χ1n) is 12.4. The van der Waals surface area contributed by atoms with Crippen LogP contribution in [-0.4, -0.2) is 40.3 Å². The zero-order valence-electron chi connectivity index (χ0n) is 21.1. The molecular weight excluding hydrogens is 460 g/mol. The Hall–Kier alpha value is -2.83. The minimum absolute atomic E-state index is 0.168. The lowest BCUT2D eigenvalue weighted by atomic mass is 10.0. The van der Waals surface area contributed by atoms with Crippen LogP contribution in [0.25, 0.3) is 0 Å². The van der Waals surface area contributed by atoms with Gasteiger partial charge in [-0.2, -0.15) is 5.10 Å². The van der Waals surface area contributed by atoms with Gasteiger partial charge in [-0.15, -0.1) is 0 Å². The van der Waals surface area contributed by atoms with Crippen molar-refractivity contribution in [2.75, 3.05) is 25.0 Å². The number of amides is 1. The Morgan fingerprint density at radius 1 is 1.09 bits per heavy atom. The maximum absolute atomic E-state index is 12.9. The van der Waals surface area contributed by atoms with Gasteiger partial charge in [-0.05, 0) is 81.6 Å². The number of likely N-dealkylation sites (tertiary alicyclic amines) is 1. The third-order valence-corrected chi connectivity index (χ3v) is 6.72. The average molecular weight is 495 g/mol. The monoisotopic (exact) mass is 494 g/mol. The lowest BCUT2D eigenvalue weighted by Gasteiger charge is -2.24. The van der Waals surface area contributed by atoms with Crippen LogP contribution < -0.4 is 10.1 Å². The number of aromatic nitrogens is 2. The molecule has 1 unspecified atom stereocenters. The summed E-state index contributed by atoms with van der Waals surface area (Å²) in [5.41, 5.74) is 3.74. The zero-order chi connectivity index (χ0) is 24.9. The summed E-state index contributed by atoms with van der Waals surface area (Å²) in [4.78, 5) is 15.4. The number of benzene rings is 2. The van der Waals surface area contributed by atoms with Gasteiger partial charge in [0, 0.05) is 34.0 Å². The van der Waals surface area contributed by atoms with Crippen molar-refractivity contribution in [3.05, 3.63) is 75.9 Å². The summed E-state index contributed by atoms with van der Waals surface area (Å²) in [5.74, 6) is 1.57. The molecule has 0 spiro atoms. The van der Waals surface area contributed by atoms with Gasteiger partial charge in [0.15, 0.2) is 5.82 Å². The number of carbonyl (C=O) groups excluding carboxylic acids is 1. The lowest BCUT2D eigenvalue weighted by Crippen LogP contribution is -2.23. The molecule has 35 heavy (non-hydrogen) atoms. The molecule has 4 rings (SSSR count). The van der Waals surface area contributed by atoms with E-state index in [2.05, 4.69) is 48.2 Å². The highest BCUT2D eigenvalue weighted by atomic mass is 35.5. The molecule has 7 heteroatoms. The number of hydrogen-bond acceptors (Lipinski definition) is 4. The molecule has 1 saturated heterocycles. The van der Waals surface area contributed by atoms with E-state index in [-0.39, 0.29) is 5.91 Å². The van der Waals surface area contributed by atoms with Crippen molar-refractivity contribution < 1.29 is 9.53 Å². The quantitative estimate of drug-likeness (QED) is 0.377. The highest BCUT2D eigenvalue weighted by Crippen LogP contribution is 2.26. The fourth-order valence-corrected chi connectivity index (χ4v) is 4.60. The van der Waals surface area contributed by atoms with Gasteiger partial charge in [-0.3, -0.25) is 14.4 Å². The first-order valence-corrected chi connectivity index (χ1v) is 12.8. The fraction of sp³-hybridized carbons (Fsp3) is 0.429. The van der Waals surface area contributed by atoms with Crippen LogP contribution in [-0.2, 0) is 6.54 Å². The maximum atomic E-state index is 12.9. The molecular formula is C28H35ClN4O2. The number of hydrogen-bond donors (Lipinski definition) is 1. The lowest BCUT2D eigenvalue weighted by molar-refractivity contribution is 0.102. The Morgan fingerprint density at radius 3 is 2.49 bits per heavy atom. The molecule has 1 atom stereocenters. The number of anilines is 1. The predicted octanol–water partition coefficient (Wildman–Crippen LogP) is 6.34. The van der Waals surface area contributed by atoms with E-state index in [9.17, 15) is 4.79 Å². The number of ether oxygens (including phenoxy) is 1. The van der Waals surface area contributed by atoms with Crippen LogP contribution in [0.15, 0.2) is 48.5 Å². The van der Waals surface area contributed by atoms with Gasteiger partial charge in [-0.25, -0.2) is 0 Å². The summed E-state index contributed by atoms with van der Waals surface area (Å²) in [6.45, 7) is 11.8. The number of nitrogens with one attached hydrogen (secondary N) is 1. The van der Waals surface area contributed by atoms with Crippen molar-refractivity contribution >= 4 is 23.3 Å². The Kier molecular flexibility index (Phi) is 8.14. The van der Waals surface area contributed by atoms with Gasteiger partial charge >= 0.3 is 0 Å². The maximum Gasteiger partial charge on any atom is 0.256 e. The Balaban J connectivity index is 1.43. The van der Waals surface area contributed by atoms with Crippen LogP contribution in [0.2, 0.25) is 5.02 Å². The molecule has 0 saturated carbocycles. The van der Waals surface area contributed by atoms with Gasteiger partial charge in [0.05, 0.1) is 13.2 Å². The van der Waals surface area contributed by atoms with E-state index in [0.717, 1.165) is 30.1 Å². The van der Waals surface area contributed by atoms with Crippen LogP contribution in [0.1, 0.15) is 66.8 Å². The Labute approximate surface area is 213 Å². The van der Waals surface area contributed by atoms with Gasteiger partial charge < -0.3 is 10.1 Å². The van der Waals surface area contributed by atoms with E-state index in [0.29, 0.717) is 41.5 Å². The zero-order valence-corrected chi connectivity index (χ0v) is 21.8. The normalized spacial score (nSPS) is 14.9. The van der Waals surface area contributed by atoms with Crippen molar-refractivity contribution in [1.29, 1.82) is 0 Å². The highest BCUT2D eigenvalue weighted by Gasteiger charge is 2.20. The van der Waals surface area contributed by atoms with E-state index < -0.39 is 0 Å². The van der Waals surface area contributed by atoms with Crippen molar-refractivity contribution in [3.8, 4) is 5.75 Å². The Bertz CT molecular complexity index is 1150. The minimum atomic E-state index is -0.168. The van der Waals surface area contributed by atoms with Gasteiger partial charge in [0.1, 0.15) is 5.75 Å². The van der Waals surface area contributed by atoms with Crippen molar-refractivity contribution in [2.24, 2.45) is 5.92 Å². The molecule has 0 bridgehead atoms. The second kappa shape index (κ2) is 11.3. The topological polar surface area (TPSA) is 59.4 Å². The average Bonchev–Trinajstić information content (AvgIpc) is 3.48. The molecule has 0 aliphatic carbocycles. The first kappa shape index (κ1) is 25.3. The first-order chi connectivity index (χ1) is 16.8. The molecule has 186 valence electrons. The van der Waals surface area contributed by atoms with E-state index in [1.807, 2.05) is 48.0 Å². The summed E-state index contributed by atoms with van der Waals surface area (Å²) >= 11 is 6.25.